The van der Waals surface area contributed by atoms with Gasteiger partial charge in [-0.2, -0.15) is 0 Å². The molecule has 2 unspecified atom stereocenters. The second-order valence-corrected chi connectivity index (χ2v) is 10.8. The fourth-order valence-electron chi connectivity index (χ4n) is 5.03. The summed E-state index contributed by atoms with van der Waals surface area (Å²) in [5.41, 5.74) is 0.477. The van der Waals surface area contributed by atoms with E-state index in [4.69, 9.17) is 4.74 Å². The Hall–Kier alpha value is -2.91. The Kier molecular flexibility index (Phi) is 8.64. The van der Waals surface area contributed by atoms with Crippen molar-refractivity contribution in [3.8, 4) is 5.75 Å². The third kappa shape index (κ3) is 5.90. The first-order chi connectivity index (χ1) is 17.4. The van der Waals surface area contributed by atoms with Crippen molar-refractivity contribution in [2.24, 2.45) is 5.92 Å². The Morgan fingerprint density at radius 1 is 1.17 bits per heavy atom. The predicted molar refractivity (Wildman–Crippen MR) is 140 cm³/mol. The fourth-order valence-corrected chi connectivity index (χ4v) is 5.71. The van der Waals surface area contributed by atoms with Crippen LogP contribution in [0.15, 0.2) is 41.8 Å². The standard InChI is InChI=1S/C27H36N4O4S/c1-19(2)17-30(27(34)24-9-5-14-36-24)21-16-23(26(33)29-12-6-10-28-11-13-29)31(18-21)25(32)20-7-4-8-22(15-20)35-3/h4-5,7-9,14-15,19,21,23,28H,6,10-13,16-18H2,1-3H3. The van der Waals surface area contributed by atoms with Gasteiger partial charge in [0.15, 0.2) is 0 Å². The molecule has 36 heavy (non-hydrogen) atoms. The zero-order valence-electron chi connectivity index (χ0n) is 21.3. The number of hydrogen-bond acceptors (Lipinski definition) is 6. The normalized spacial score (nSPS) is 20.3. The smallest absolute Gasteiger partial charge is 0.264 e. The number of carbonyl (C=O) groups is 3. The molecule has 0 spiro atoms. The van der Waals surface area contributed by atoms with Gasteiger partial charge >= 0.3 is 0 Å². The summed E-state index contributed by atoms with van der Waals surface area (Å²) in [4.78, 5) is 47.1. The molecule has 2 saturated heterocycles. The van der Waals surface area contributed by atoms with Crippen LogP contribution in [0.1, 0.15) is 46.7 Å². The largest absolute Gasteiger partial charge is 0.497 e. The van der Waals surface area contributed by atoms with Crippen molar-refractivity contribution in [1.29, 1.82) is 0 Å². The maximum absolute atomic E-state index is 13.8. The van der Waals surface area contributed by atoms with Crippen LogP contribution in [0.5, 0.6) is 5.75 Å². The summed E-state index contributed by atoms with van der Waals surface area (Å²) in [5.74, 6) is 0.557. The molecule has 0 saturated carbocycles. The first-order valence-electron chi connectivity index (χ1n) is 12.7. The van der Waals surface area contributed by atoms with Crippen LogP contribution in [-0.2, 0) is 4.79 Å². The summed E-state index contributed by atoms with van der Waals surface area (Å²) in [7, 11) is 1.56. The summed E-state index contributed by atoms with van der Waals surface area (Å²) in [6, 6.07) is 9.88. The second kappa shape index (κ2) is 11.9. The van der Waals surface area contributed by atoms with Crippen molar-refractivity contribution in [2.45, 2.75) is 38.8 Å². The predicted octanol–water partition coefficient (Wildman–Crippen LogP) is 2.96. The number of thiophene rings is 1. The summed E-state index contributed by atoms with van der Waals surface area (Å²) < 4.78 is 5.32. The van der Waals surface area contributed by atoms with Crippen molar-refractivity contribution in [3.63, 3.8) is 0 Å². The second-order valence-electron chi connectivity index (χ2n) is 9.85. The Labute approximate surface area is 217 Å². The zero-order chi connectivity index (χ0) is 25.7. The van der Waals surface area contributed by atoms with E-state index in [0.29, 0.717) is 48.8 Å². The highest BCUT2D eigenvalue weighted by Crippen LogP contribution is 2.29. The Balaban J connectivity index is 1.65. The van der Waals surface area contributed by atoms with Crippen molar-refractivity contribution < 1.29 is 19.1 Å². The maximum Gasteiger partial charge on any atom is 0.264 e. The molecule has 1 N–H and O–H groups in total. The fraction of sp³-hybridized carbons (Fsp3) is 0.519. The third-order valence-electron chi connectivity index (χ3n) is 6.79. The molecule has 2 fully saturated rings. The van der Waals surface area contributed by atoms with Gasteiger partial charge in [-0.15, -0.1) is 11.3 Å². The minimum atomic E-state index is -0.613. The van der Waals surface area contributed by atoms with Crippen LogP contribution in [0.4, 0.5) is 0 Å². The van der Waals surface area contributed by atoms with Gasteiger partial charge in [-0.05, 0) is 54.9 Å². The molecule has 194 valence electrons. The molecule has 2 atom stereocenters. The number of nitrogens with one attached hydrogen (secondary N) is 1. The van der Waals surface area contributed by atoms with Crippen molar-refractivity contribution >= 4 is 29.1 Å². The number of likely N-dealkylation sites (tertiary alicyclic amines) is 1. The lowest BCUT2D eigenvalue weighted by atomic mass is 10.1. The third-order valence-corrected chi connectivity index (χ3v) is 7.65. The summed E-state index contributed by atoms with van der Waals surface area (Å²) in [5, 5.41) is 5.23. The van der Waals surface area contributed by atoms with Crippen molar-refractivity contribution in [3.05, 3.63) is 52.2 Å². The van der Waals surface area contributed by atoms with E-state index < -0.39 is 6.04 Å². The van der Waals surface area contributed by atoms with Crippen molar-refractivity contribution in [1.82, 2.24) is 20.0 Å². The molecule has 9 heteroatoms. The molecule has 0 aliphatic carbocycles. The Morgan fingerprint density at radius 3 is 2.72 bits per heavy atom. The Morgan fingerprint density at radius 2 is 2.00 bits per heavy atom. The Bertz CT molecular complexity index is 1050. The van der Waals surface area contributed by atoms with Gasteiger partial charge in [-0.25, -0.2) is 0 Å². The molecule has 2 aliphatic heterocycles. The highest BCUT2D eigenvalue weighted by Gasteiger charge is 2.45. The summed E-state index contributed by atoms with van der Waals surface area (Å²) >= 11 is 1.42. The molecule has 1 aromatic carbocycles. The maximum atomic E-state index is 13.8. The molecular formula is C27H36N4O4S. The van der Waals surface area contributed by atoms with E-state index in [9.17, 15) is 14.4 Å². The van der Waals surface area contributed by atoms with Gasteiger partial charge in [0.1, 0.15) is 11.8 Å². The van der Waals surface area contributed by atoms with Gasteiger partial charge in [0.2, 0.25) is 5.91 Å². The first-order valence-corrected chi connectivity index (χ1v) is 13.6. The van der Waals surface area contributed by atoms with E-state index >= 15 is 0 Å². The van der Waals surface area contributed by atoms with Gasteiger partial charge in [-0.1, -0.05) is 26.0 Å². The number of ether oxygens (including phenoxy) is 1. The zero-order valence-corrected chi connectivity index (χ0v) is 22.1. The van der Waals surface area contributed by atoms with E-state index in [1.807, 2.05) is 27.3 Å². The number of rotatable bonds is 7. The minimum Gasteiger partial charge on any atom is -0.497 e. The lowest BCUT2D eigenvalue weighted by Gasteiger charge is -2.30. The minimum absolute atomic E-state index is 0.0366. The summed E-state index contributed by atoms with van der Waals surface area (Å²) in [6.07, 6.45) is 1.31. The van der Waals surface area contributed by atoms with Gasteiger partial charge in [0, 0.05) is 38.3 Å². The molecule has 1 aromatic heterocycles. The van der Waals surface area contributed by atoms with Gasteiger partial charge in [-0.3, -0.25) is 14.4 Å². The van der Waals surface area contributed by atoms with Gasteiger partial charge < -0.3 is 24.8 Å². The molecule has 3 heterocycles. The summed E-state index contributed by atoms with van der Waals surface area (Å²) in [6.45, 7) is 7.94. The molecule has 3 amide bonds. The average molecular weight is 513 g/mol. The van der Waals surface area contributed by atoms with E-state index in [1.165, 1.54) is 11.3 Å². The van der Waals surface area contributed by atoms with Crippen LogP contribution in [0.25, 0.3) is 0 Å². The lowest BCUT2D eigenvalue weighted by molar-refractivity contribution is -0.135. The number of carbonyl (C=O) groups excluding carboxylic acids is 3. The molecule has 0 bridgehead atoms. The monoisotopic (exact) mass is 512 g/mol. The van der Waals surface area contributed by atoms with Crippen LogP contribution in [0.2, 0.25) is 0 Å². The van der Waals surface area contributed by atoms with E-state index in [-0.39, 0.29) is 29.7 Å². The topological polar surface area (TPSA) is 82.2 Å². The SMILES string of the molecule is COc1cccc(C(=O)N2CC(N(CC(C)C)C(=O)c3cccs3)CC2C(=O)N2CCCNCC2)c1. The quantitative estimate of drug-likeness (QED) is 0.617. The number of methoxy groups -OCH3 is 1. The first kappa shape index (κ1) is 26.2. The lowest BCUT2D eigenvalue weighted by Crippen LogP contribution is -2.48. The molecule has 8 nitrogen and oxygen atoms in total. The number of amides is 3. The van der Waals surface area contributed by atoms with Crippen LogP contribution < -0.4 is 10.1 Å². The number of hydrogen-bond donors (Lipinski definition) is 1. The molecule has 2 aromatic rings. The number of nitrogens with zero attached hydrogens (tertiary/aromatic N) is 3. The average Bonchev–Trinajstić information content (AvgIpc) is 3.50. The van der Waals surface area contributed by atoms with Crippen molar-refractivity contribution in [2.75, 3.05) is 46.4 Å². The van der Waals surface area contributed by atoms with E-state index in [0.717, 1.165) is 19.5 Å². The molecule has 2 aliphatic rings. The van der Waals surface area contributed by atoms with Crippen LogP contribution >= 0.6 is 11.3 Å². The van der Waals surface area contributed by atoms with Gasteiger partial charge in [0.25, 0.3) is 11.8 Å². The van der Waals surface area contributed by atoms with Gasteiger partial charge in [0.05, 0.1) is 18.0 Å². The van der Waals surface area contributed by atoms with Crippen LogP contribution in [-0.4, -0.2) is 90.9 Å². The molecule has 0 radical (unpaired) electrons. The molecular weight excluding hydrogens is 476 g/mol. The van der Waals surface area contributed by atoms with E-state index in [1.54, 1.807) is 36.3 Å². The van der Waals surface area contributed by atoms with Crippen LogP contribution in [0, 0.1) is 5.92 Å². The highest BCUT2D eigenvalue weighted by molar-refractivity contribution is 7.12. The van der Waals surface area contributed by atoms with Crippen LogP contribution in [0.3, 0.4) is 0 Å². The molecule has 4 rings (SSSR count). The highest BCUT2D eigenvalue weighted by atomic mass is 32.1. The number of benzene rings is 1. The van der Waals surface area contributed by atoms with E-state index in [2.05, 4.69) is 19.2 Å².